The Hall–Kier alpha value is -4.13. The average molecular weight is 674 g/mol. The summed E-state index contributed by atoms with van der Waals surface area (Å²) in [5.41, 5.74) is 4.63. The minimum Gasteiger partial charge on any atom is -0.466 e. The monoisotopic (exact) mass is 673 g/mol. The molecule has 9 rings (SSSR count). The summed E-state index contributed by atoms with van der Waals surface area (Å²) in [4.78, 5) is 39.7. The Morgan fingerprint density at radius 2 is 1.48 bits per heavy atom. The lowest BCUT2D eigenvalue weighted by Gasteiger charge is -2.57. The molecule has 9 atom stereocenters. The second kappa shape index (κ2) is 11.7. The summed E-state index contributed by atoms with van der Waals surface area (Å²) in [7, 11) is 1.37. The lowest BCUT2D eigenvalue weighted by Crippen LogP contribution is -2.51. The molecule has 1 aromatic heterocycles. The van der Waals surface area contributed by atoms with E-state index in [-0.39, 0.29) is 53.4 Å². The molecular formula is C43H47NO6. The fourth-order valence-corrected chi connectivity index (χ4v) is 11.7. The minimum absolute atomic E-state index is 0.0216. The molecule has 260 valence electrons. The van der Waals surface area contributed by atoms with Gasteiger partial charge in [-0.25, -0.2) is 9.59 Å². The van der Waals surface area contributed by atoms with Gasteiger partial charge in [0.15, 0.2) is 0 Å². The van der Waals surface area contributed by atoms with Crippen LogP contribution in [0, 0.1) is 40.4 Å². The number of aromatic nitrogens is 1. The van der Waals surface area contributed by atoms with Crippen molar-refractivity contribution in [2.75, 3.05) is 7.11 Å². The fraction of sp³-hybridized carbons (Fsp3) is 0.512. The molecular weight excluding hydrogens is 626 g/mol. The SMILES string of the molecule is COC(=O)C1=C(C(=O)O[C@H]2CC[C@@]3(C)C(=CC[C@H]4[C@@H]5CC[C@H](OC(=O)Cn6c7ccccc7c7ccccc76)[C@@]5(C)CC[C@@H]43)C2)C2C=CC1C2. The Morgan fingerprint density at radius 1 is 0.800 bits per heavy atom. The van der Waals surface area contributed by atoms with E-state index in [0.29, 0.717) is 28.9 Å². The van der Waals surface area contributed by atoms with Gasteiger partial charge in [0.25, 0.3) is 0 Å². The van der Waals surface area contributed by atoms with Crippen molar-refractivity contribution in [3.63, 3.8) is 0 Å². The van der Waals surface area contributed by atoms with E-state index in [1.165, 1.54) is 12.7 Å². The lowest BCUT2D eigenvalue weighted by atomic mass is 9.48. The number of rotatable bonds is 6. The van der Waals surface area contributed by atoms with Crippen molar-refractivity contribution in [3.8, 4) is 0 Å². The van der Waals surface area contributed by atoms with Crippen molar-refractivity contribution in [1.82, 2.24) is 4.57 Å². The number of methoxy groups -OCH3 is 1. The Labute approximate surface area is 293 Å². The first kappa shape index (κ1) is 31.8. The standard InChI is InChI=1S/C43H47NO6/c1-42-20-18-28(49-41(47)39-26-13-12-25(22-26)38(39)40(46)48-3)23-27(42)14-15-31-32-16-17-36(43(32,2)21-19-33(31)42)50-37(45)24-44-34-10-6-4-8-29(34)30-9-5-7-11-35(30)44/h4-14,25-26,28,31-33,36H,15-24H2,1-3H3/t25?,26?,28-,31-,32-,33-,36-,42-,43-/m0/s1. The largest absolute Gasteiger partial charge is 0.466 e. The Kier molecular flexibility index (Phi) is 7.45. The number of para-hydroxylation sites is 2. The van der Waals surface area contributed by atoms with Crippen LogP contribution in [0.2, 0.25) is 0 Å². The van der Waals surface area contributed by atoms with Gasteiger partial charge in [-0.05, 0) is 86.7 Å². The number of carbonyl (C=O) groups excluding carboxylic acids is 3. The molecule has 1 heterocycles. The maximum absolute atomic E-state index is 13.7. The van der Waals surface area contributed by atoms with Gasteiger partial charge in [-0.2, -0.15) is 0 Å². The van der Waals surface area contributed by atoms with Crippen LogP contribution in [0.3, 0.4) is 0 Å². The highest BCUT2D eigenvalue weighted by Gasteiger charge is 2.60. The topological polar surface area (TPSA) is 83.8 Å². The quantitative estimate of drug-likeness (QED) is 0.149. The van der Waals surface area contributed by atoms with E-state index in [1.807, 2.05) is 24.3 Å². The van der Waals surface area contributed by atoms with E-state index in [0.717, 1.165) is 79.6 Å². The zero-order chi connectivity index (χ0) is 34.4. The van der Waals surface area contributed by atoms with Crippen molar-refractivity contribution in [3.05, 3.63) is 83.5 Å². The van der Waals surface area contributed by atoms with Crippen LogP contribution < -0.4 is 0 Å². The van der Waals surface area contributed by atoms with Gasteiger partial charge in [-0.15, -0.1) is 0 Å². The molecule has 2 unspecified atom stereocenters. The van der Waals surface area contributed by atoms with Crippen molar-refractivity contribution < 1.29 is 28.6 Å². The number of esters is 3. The first-order valence-electron chi connectivity index (χ1n) is 18.8. The van der Waals surface area contributed by atoms with Gasteiger partial charge >= 0.3 is 17.9 Å². The number of ether oxygens (including phenoxy) is 3. The molecule has 2 bridgehead atoms. The van der Waals surface area contributed by atoms with Crippen molar-refractivity contribution in [2.45, 2.75) is 90.4 Å². The normalized spacial score (nSPS) is 35.4. The third kappa shape index (κ3) is 4.71. The number of carbonyl (C=O) groups is 3. The van der Waals surface area contributed by atoms with Crippen LogP contribution in [-0.2, 0) is 35.1 Å². The summed E-state index contributed by atoms with van der Waals surface area (Å²) in [6.07, 6.45) is 14.9. The number of benzene rings is 2. The number of hydrogen-bond acceptors (Lipinski definition) is 6. The molecule has 0 amide bonds. The van der Waals surface area contributed by atoms with E-state index >= 15 is 0 Å². The summed E-state index contributed by atoms with van der Waals surface area (Å²) in [6, 6.07) is 16.6. The van der Waals surface area contributed by atoms with Gasteiger partial charge in [-0.1, -0.05) is 74.0 Å². The predicted molar refractivity (Wildman–Crippen MR) is 191 cm³/mol. The zero-order valence-corrected chi connectivity index (χ0v) is 29.4. The van der Waals surface area contributed by atoms with Crippen LogP contribution in [0.25, 0.3) is 21.8 Å². The highest BCUT2D eigenvalue weighted by atomic mass is 16.6. The molecule has 7 nitrogen and oxygen atoms in total. The second-order valence-electron chi connectivity index (χ2n) is 16.4. The van der Waals surface area contributed by atoms with E-state index in [9.17, 15) is 14.4 Å². The first-order valence-corrected chi connectivity index (χ1v) is 18.8. The first-order chi connectivity index (χ1) is 24.2. The second-order valence-corrected chi connectivity index (χ2v) is 16.4. The number of nitrogens with zero attached hydrogens (tertiary/aromatic N) is 1. The summed E-state index contributed by atoms with van der Waals surface area (Å²) < 4.78 is 19.8. The molecule has 0 saturated heterocycles. The molecule has 0 N–H and O–H groups in total. The van der Waals surface area contributed by atoms with Crippen molar-refractivity contribution in [1.29, 1.82) is 0 Å². The van der Waals surface area contributed by atoms with Gasteiger partial charge in [0.05, 0.1) is 18.3 Å². The van der Waals surface area contributed by atoms with Crippen LogP contribution in [0.1, 0.15) is 71.6 Å². The van der Waals surface area contributed by atoms with Crippen molar-refractivity contribution >= 4 is 39.7 Å². The Balaban J connectivity index is 0.883. The van der Waals surface area contributed by atoms with E-state index < -0.39 is 5.97 Å². The molecule has 3 saturated carbocycles. The third-order valence-electron chi connectivity index (χ3n) is 14.2. The molecule has 6 aliphatic carbocycles. The summed E-state index contributed by atoms with van der Waals surface area (Å²) in [6.45, 7) is 5.05. The maximum atomic E-state index is 13.7. The number of hydrogen-bond donors (Lipinski definition) is 0. The van der Waals surface area contributed by atoms with Crippen LogP contribution in [0.15, 0.2) is 83.5 Å². The molecule has 50 heavy (non-hydrogen) atoms. The minimum atomic E-state index is -0.414. The van der Waals surface area contributed by atoms with Crippen LogP contribution in [-0.4, -0.2) is 41.8 Å². The van der Waals surface area contributed by atoms with Crippen LogP contribution in [0.5, 0.6) is 0 Å². The molecule has 6 aliphatic rings. The number of allylic oxidation sites excluding steroid dienone is 3. The maximum Gasteiger partial charge on any atom is 0.335 e. The smallest absolute Gasteiger partial charge is 0.335 e. The molecule has 0 spiro atoms. The van der Waals surface area contributed by atoms with Gasteiger partial charge in [0.1, 0.15) is 18.8 Å². The fourth-order valence-electron chi connectivity index (χ4n) is 11.7. The van der Waals surface area contributed by atoms with Gasteiger partial charge in [-0.3, -0.25) is 4.79 Å². The van der Waals surface area contributed by atoms with E-state index in [1.54, 1.807) is 0 Å². The average Bonchev–Trinajstić information content (AvgIpc) is 3.90. The molecule has 2 aromatic carbocycles. The Bertz CT molecular complexity index is 1960. The molecule has 3 fully saturated rings. The van der Waals surface area contributed by atoms with Gasteiger partial charge in [0, 0.05) is 45.5 Å². The lowest BCUT2D eigenvalue weighted by molar-refractivity contribution is -0.160. The van der Waals surface area contributed by atoms with E-state index in [2.05, 4.69) is 60.9 Å². The predicted octanol–water partition coefficient (Wildman–Crippen LogP) is 8.26. The molecule has 3 aromatic rings. The van der Waals surface area contributed by atoms with Gasteiger partial charge in [0.2, 0.25) is 0 Å². The van der Waals surface area contributed by atoms with Crippen LogP contribution in [0.4, 0.5) is 0 Å². The summed E-state index contributed by atoms with van der Waals surface area (Å²) >= 11 is 0. The van der Waals surface area contributed by atoms with E-state index in [4.69, 9.17) is 14.2 Å². The zero-order valence-electron chi connectivity index (χ0n) is 29.4. The summed E-state index contributed by atoms with van der Waals surface area (Å²) in [5, 5.41) is 2.33. The number of fused-ring (bicyclic) bond motifs is 10. The Morgan fingerprint density at radius 3 is 2.18 bits per heavy atom. The highest BCUT2D eigenvalue weighted by Crippen LogP contribution is 2.65. The molecule has 0 aliphatic heterocycles. The van der Waals surface area contributed by atoms with Gasteiger partial charge < -0.3 is 18.8 Å². The molecule has 0 radical (unpaired) electrons. The molecule has 7 heteroatoms. The third-order valence-corrected chi connectivity index (χ3v) is 14.2. The summed E-state index contributed by atoms with van der Waals surface area (Å²) in [5.74, 6) is 0.665. The highest BCUT2D eigenvalue weighted by molar-refractivity contribution is 6.08. The van der Waals surface area contributed by atoms with Crippen molar-refractivity contribution in [2.24, 2.45) is 40.4 Å². The van der Waals surface area contributed by atoms with Crippen LogP contribution >= 0.6 is 0 Å².